The Balaban J connectivity index is 2.61. The molecule has 1 heterocycles. The first-order valence-corrected chi connectivity index (χ1v) is 3.95. The van der Waals surface area contributed by atoms with Gasteiger partial charge in [0.1, 0.15) is 5.52 Å². The van der Waals surface area contributed by atoms with Gasteiger partial charge in [-0.25, -0.2) is 10.0 Å². The van der Waals surface area contributed by atoms with E-state index in [1.165, 1.54) is 18.2 Å². The van der Waals surface area contributed by atoms with Crippen LogP contribution < -0.4 is 5.23 Å². The maximum absolute atomic E-state index is 10.6. The van der Waals surface area contributed by atoms with E-state index in [2.05, 4.69) is 9.68 Å². The van der Waals surface area contributed by atoms with Crippen molar-refractivity contribution in [1.82, 2.24) is 5.16 Å². The zero-order valence-corrected chi connectivity index (χ0v) is 7.30. The molecule has 0 aliphatic carbocycles. The van der Waals surface area contributed by atoms with Crippen molar-refractivity contribution in [2.45, 2.75) is 0 Å². The Labute approximate surface area is 82.7 Å². The smallest absolute Gasteiger partial charge is 0.375 e. The lowest BCUT2D eigenvalue weighted by atomic mass is 10.2. The SMILES string of the molecule is O=C(O)c1onc2cc([NH+]([O-])O)ccc12. The summed E-state index contributed by atoms with van der Waals surface area (Å²) in [5, 5.41) is 30.6. The maximum Gasteiger partial charge on any atom is 0.375 e. The summed E-state index contributed by atoms with van der Waals surface area (Å²) >= 11 is 0. The van der Waals surface area contributed by atoms with Gasteiger partial charge in [-0.1, -0.05) is 5.16 Å². The van der Waals surface area contributed by atoms with Crippen molar-refractivity contribution >= 4 is 22.6 Å². The number of aromatic nitrogens is 1. The van der Waals surface area contributed by atoms with Gasteiger partial charge in [-0.2, -0.15) is 5.23 Å². The number of rotatable bonds is 2. The molecule has 0 aliphatic rings. The van der Waals surface area contributed by atoms with Crippen LogP contribution in [0.2, 0.25) is 0 Å². The third-order valence-corrected chi connectivity index (χ3v) is 1.92. The number of carbonyl (C=O) groups is 1. The molecule has 1 unspecified atom stereocenters. The number of aromatic carboxylic acids is 1. The molecule has 0 fully saturated rings. The molecule has 0 bridgehead atoms. The van der Waals surface area contributed by atoms with Gasteiger partial charge in [0.05, 0.1) is 5.39 Å². The largest absolute Gasteiger partial charge is 0.595 e. The highest BCUT2D eigenvalue weighted by Gasteiger charge is 2.16. The first-order valence-electron chi connectivity index (χ1n) is 3.95. The zero-order chi connectivity index (χ0) is 11.0. The Morgan fingerprint density at radius 3 is 2.87 bits per heavy atom. The predicted molar refractivity (Wildman–Crippen MR) is 46.7 cm³/mol. The van der Waals surface area contributed by atoms with Gasteiger partial charge < -0.3 is 14.8 Å². The van der Waals surface area contributed by atoms with E-state index in [0.29, 0.717) is 0 Å². The highest BCUT2D eigenvalue weighted by Crippen LogP contribution is 2.20. The van der Waals surface area contributed by atoms with E-state index < -0.39 is 11.2 Å². The molecular formula is C8H6N2O5. The van der Waals surface area contributed by atoms with Gasteiger partial charge in [0, 0.05) is 12.1 Å². The van der Waals surface area contributed by atoms with Crippen LogP contribution in [0, 0.1) is 5.21 Å². The number of nitrogens with one attached hydrogen (secondary N) is 1. The van der Waals surface area contributed by atoms with Gasteiger partial charge in [-0.05, 0) is 6.07 Å². The van der Waals surface area contributed by atoms with Crippen molar-refractivity contribution in [3.05, 3.63) is 29.2 Å². The second-order valence-corrected chi connectivity index (χ2v) is 2.85. The molecule has 0 aliphatic heterocycles. The summed E-state index contributed by atoms with van der Waals surface area (Å²) in [7, 11) is 0. The van der Waals surface area contributed by atoms with Crippen LogP contribution >= 0.6 is 0 Å². The number of benzene rings is 1. The summed E-state index contributed by atoms with van der Waals surface area (Å²) < 4.78 is 4.57. The molecule has 1 atom stereocenters. The van der Waals surface area contributed by atoms with Crippen LogP contribution in [0.25, 0.3) is 10.9 Å². The first kappa shape index (κ1) is 9.59. The minimum absolute atomic E-state index is 0.0349. The van der Waals surface area contributed by atoms with Crippen LogP contribution in [0.15, 0.2) is 22.7 Å². The van der Waals surface area contributed by atoms with Crippen molar-refractivity contribution < 1.29 is 24.9 Å². The lowest BCUT2D eigenvalue weighted by Gasteiger charge is -2.10. The molecule has 0 radical (unpaired) electrons. The average Bonchev–Trinajstić information content (AvgIpc) is 2.59. The Morgan fingerprint density at radius 2 is 2.27 bits per heavy atom. The first-order chi connectivity index (χ1) is 7.09. The maximum atomic E-state index is 10.6. The molecule has 2 aromatic rings. The lowest BCUT2D eigenvalue weighted by molar-refractivity contribution is -0.991. The highest BCUT2D eigenvalue weighted by molar-refractivity contribution is 6.00. The number of carboxylic acid groups (broad SMARTS) is 1. The topological polar surface area (TPSA) is 111 Å². The molecule has 0 saturated heterocycles. The van der Waals surface area contributed by atoms with Crippen LogP contribution in [0.4, 0.5) is 5.69 Å². The number of hydrogen-bond acceptors (Lipinski definition) is 5. The number of quaternary nitrogens is 1. The van der Waals surface area contributed by atoms with E-state index in [9.17, 15) is 10.0 Å². The molecule has 1 aromatic carbocycles. The van der Waals surface area contributed by atoms with Crippen LogP contribution in [-0.2, 0) is 0 Å². The van der Waals surface area contributed by atoms with Crippen molar-refractivity contribution in [3.63, 3.8) is 0 Å². The normalized spacial score (nSPS) is 12.9. The second-order valence-electron chi connectivity index (χ2n) is 2.85. The van der Waals surface area contributed by atoms with E-state index in [-0.39, 0.29) is 22.4 Å². The molecule has 78 valence electrons. The highest BCUT2D eigenvalue weighted by atomic mass is 16.8. The Morgan fingerprint density at radius 1 is 1.53 bits per heavy atom. The molecule has 1 aromatic heterocycles. The number of nitrogens with zero attached hydrogens (tertiary/aromatic N) is 1. The fraction of sp³-hybridized carbons (Fsp3) is 0. The van der Waals surface area contributed by atoms with Crippen molar-refractivity contribution in [1.29, 1.82) is 0 Å². The molecule has 7 heteroatoms. The van der Waals surface area contributed by atoms with Gasteiger partial charge in [-0.15, -0.1) is 0 Å². The van der Waals surface area contributed by atoms with E-state index in [0.717, 1.165) is 0 Å². The number of fused-ring (bicyclic) bond motifs is 1. The van der Waals surface area contributed by atoms with Crippen LogP contribution in [-0.4, -0.2) is 21.4 Å². The molecule has 0 amide bonds. The van der Waals surface area contributed by atoms with Crippen molar-refractivity contribution in [2.24, 2.45) is 0 Å². The molecule has 3 N–H and O–H groups in total. The minimum atomic E-state index is -1.24. The molecule has 15 heavy (non-hydrogen) atoms. The van der Waals surface area contributed by atoms with Gasteiger partial charge in [-0.3, -0.25) is 0 Å². The standard InChI is InChI=1S/C8H6N2O5/c11-8(12)7-5-2-1-4(10(13)14)3-6(5)9-15-7/h1-3,10,13H,(H,11,12). The lowest BCUT2D eigenvalue weighted by Crippen LogP contribution is -2.99. The van der Waals surface area contributed by atoms with E-state index >= 15 is 0 Å². The fourth-order valence-electron chi connectivity index (χ4n) is 1.23. The second kappa shape index (κ2) is 3.31. The summed E-state index contributed by atoms with van der Waals surface area (Å²) in [5.74, 6) is -1.53. The monoisotopic (exact) mass is 210 g/mol. The van der Waals surface area contributed by atoms with Crippen LogP contribution in [0.3, 0.4) is 0 Å². The van der Waals surface area contributed by atoms with Crippen molar-refractivity contribution in [2.75, 3.05) is 0 Å². The van der Waals surface area contributed by atoms with E-state index in [4.69, 9.17) is 10.3 Å². The Kier molecular flexibility index (Phi) is 2.12. The molecule has 7 nitrogen and oxygen atoms in total. The van der Waals surface area contributed by atoms with Crippen LogP contribution in [0.1, 0.15) is 10.6 Å². The quantitative estimate of drug-likeness (QED) is 0.598. The summed E-state index contributed by atoms with van der Waals surface area (Å²) in [4.78, 5) is 10.6. The average molecular weight is 210 g/mol. The van der Waals surface area contributed by atoms with Gasteiger partial charge in [0.2, 0.25) is 0 Å². The van der Waals surface area contributed by atoms with Gasteiger partial charge >= 0.3 is 5.97 Å². The summed E-state index contributed by atoms with van der Waals surface area (Å²) in [6, 6.07) is 3.92. The van der Waals surface area contributed by atoms with Crippen molar-refractivity contribution in [3.8, 4) is 0 Å². The van der Waals surface area contributed by atoms with Gasteiger partial charge in [0.15, 0.2) is 5.69 Å². The summed E-state index contributed by atoms with van der Waals surface area (Å²) in [6.45, 7) is 0. The summed E-state index contributed by atoms with van der Waals surface area (Å²) in [6.07, 6.45) is 0. The fourth-order valence-corrected chi connectivity index (χ4v) is 1.23. The molecule has 2 rings (SSSR count). The third-order valence-electron chi connectivity index (χ3n) is 1.92. The van der Waals surface area contributed by atoms with Crippen LogP contribution in [0.5, 0.6) is 0 Å². The summed E-state index contributed by atoms with van der Waals surface area (Å²) in [5.41, 5.74) is 0.250. The Hall–Kier alpha value is -1.96. The predicted octanol–water partition coefficient (Wildman–Crippen LogP) is -0.0706. The minimum Gasteiger partial charge on any atom is -0.595 e. The van der Waals surface area contributed by atoms with E-state index in [1.54, 1.807) is 0 Å². The molecule has 0 saturated carbocycles. The number of carboxylic acids is 1. The molecular weight excluding hydrogens is 204 g/mol. The number of hydrogen-bond donors (Lipinski definition) is 3. The zero-order valence-electron chi connectivity index (χ0n) is 7.30. The third kappa shape index (κ3) is 1.54. The Bertz CT molecular complexity index is 519. The van der Waals surface area contributed by atoms with Gasteiger partial charge in [0.25, 0.3) is 5.76 Å². The molecule has 0 spiro atoms. The van der Waals surface area contributed by atoms with E-state index in [1.807, 2.05) is 0 Å².